The molecule has 120 valence electrons. The molecule has 0 aliphatic heterocycles. The smallest absolute Gasteiger partial charge is 0.323 e. The number of hydrazone groups is 1. The maximum Gasteiger partial charge on any atom is 0.325 e. The van der Waals surface area contributed by atoms with Crippen LogP contribution in [0.15, 0.2) is 57.3 Å². The van der Waals surface area contributed by atoms with E-state index in [2.05, 4.69) is 15.4 Å². The number of nitrogens with one attached hydrogen (secondary N) is 3. The van der Waals surface area contributed by atoms with E-state index < -0.39 is 17.2 Å². The SMILES string of the molecule is NN=Cc1ccc2cc(C(=O)Nc3c[nH]c(=O)[nH]c3=O)ccc2c1. The number of carbonyl (C=O) groups excluding carboxylic acids is 1. The number of rotatable bonds is 3. The van der Waals surface area contributed by atoms with Gasteiger partial charge < -0.3 is 16.1 Å². The maximum absolute atomic E-state index is 12.3. The summed E-state index contributed by atoms with van der Waals surface area (Å²) in [6.45, 7) is 0. The molecule has 5 N–H and O–H groups in total. The summed E-state index contributed by atoms with van der Waals surface area (Å²) in [6.07, 6.45) is 2.68. The lowest BCUT2D eigenvalue weighted by atomic mass is 10.0. The topological polar surface area (TPSA) is 133 Å². The van der Waals surface area contributed by atoms with Crippen molar-refractivity contribution >= 4 is 28.6 Å². The molecule has 0 saturated heterocycles. The van der Waals surface area contributed by atoms with Crippen molar-refractivity contribution in [1.29, 1.82) is 0 Å². The Morgan fingerprint density at radius 3 is 2.62 bits per heavy atom. The van der Waals surface area contributed by atoms with Gasteiger partial charge in [-0.3, -0.25) is 14.6 Å². The van der Waals surface area contributed by atoms with E-state index in [0.717, 1.165) is 22.5 Å². The second-order valence-electron chi connectivity index (χ2n) is 5.04. The number of fused-ring (bicyclic) bond motifs is 1. The Kier molecular flexibility index (Phi) is 3.94. The Morgan fingerprint density at radius 1 is 1.12 bits per heavy atom. The number of nitrogens with two attached hydrogens (primary N) is 1. The van der Waals surface area contributed by atoms with Gasteiger partial charge in [-0.05, 0) is 34.5 Å². The first kappa shape index (κ1) is 15.2. The van der Waals surface area contributed by atoms with Crippen molar-refractivity contribution in [3.8, 4) is 0 Å². The molecular formula is C16H13N5O3. The number of aromatic nitrogens is 2. The predicted molar refractivity (Wildman–Crippen MR) is 91.4 cm³/mol. The molecule has 8 heteroatoms. The zero-order valence-corrected chi connectivity index (χ0v) is 12.4. The fourth-order valence-electron chi connectivity index (χ4n) is 2.27. The van der Waals surface area contributed by atoms with Gasteiger partial charge in [0.1, 0.15) is 5.69 Å². The molecule has 1 aromatic heterocycles. The highest BCUT2D eigenvalue weighted by Crippen LogP contribution is 2.18. The van der Waals surface area contributed by atoms with E-state index in [4.69, 9.17) is 5.84 Å². The van der Waals surface area contributed by atoms with Crippen molar-refractivity contribution in [3.63, 3.8) is 0 Å². The van der Waals surface area contributed by atoms with E-state index in [9.17, 15) is 14.4 Å². The molecule has 0 aliphatic carbocycles. The molecule has 3 aromatic rings. The Hall–Kier alpha value is -3.68. The minimum Gasteiger partial charge on any atom is -0.323 e. The summed E-state index contributed by atoms with van der Waals surface area (Å²) in [4.78, 5) is 39.2. The molecule has 24 heavy (non-hydrogen) atoms. The van der Waals surface area contributed by atoms with E-state index in [-0.39, 0.29) is 5.69 Å². The standard InChI is InChI=1S/C16H13N5O3/c17-19-7-9-1-2-11-6-12(4-3-10(11)5-9)14(22)20-13-8-18-16(24)21-15(13)23/h1-8H,17H2,(H,20,22)(H2,18,21,23,24). The van der Waals surface area contributed by atoms with Crippen LogP contribution >= 0.6 is 0 Å². The fourth-order valence-corrected chi connectivity index (χ4v) is 2.27. The van der Waals surface area contributed by atoms with Gasteiger partial charge in [-0.25, -0.2) is 4.79 Å². The van der Waals surface area contributed by atoms with E-state index in [1.807, 2.05) is 23.2 Å². The van der Waals surface area contributed by atoms with Crippen molar-refractivity contribution < 1.29 is 4.79 Å². The van der Waals surface area contributed by atoms with Crippen LogP contribution in [0.25, 0.3) is 10.8 Å². The van der Waals surface area contributed by atoms with Crippen LogP contribution in [0.5, 0.6) is 0 Å². The number of benzene rings is 2. The second-order valence-corrected chi connectivity index (χ2v) is 5.04. The number of hydrogen-bond donors (Lipinski definition) is 4. The lowest BCUT2D eigenvalue weighted by molar-refractivity contribution is 0.102. The molecule has 2 aromatic carbocycles. The van der Waals surface area contributed by atoms with Crippen LogP contribution in [0.1, 0.15) is 15.9 Å². The van der Waals surface area contributed by atoms with Crippen molar-refractivity contribution in [2.24, 2.45) is 10.9 Å². The molecule has 0 spiro atoms. The largest absolute Gasteiger partial charge is 0.325 e. The molecule has 0 unspecified atom stereocenters. The quantitative estimate of drug-likeness (QED) is 0.322. The average molecular weight is 323 g/mol. The van der Waals surface area contributed by atoms with Gasteiger partial charge in [-0.2, -0.15) is 5.10 Å². The molecule has 1 amide bonds. The van der Waals surface area contributed by atoms with Crippen LogP contribution in [0.4, 0.5) is 5.69 Å². The third kappa shape index (κ3) is 3.07. The molecule has 0 saturated carbocycles. The van der Waals surface area contributed by atoms with Crippen molar-refractivity contribution in [2.45, 2.75) is 0 Å². The molecular weight excluding hydrogens is 310 g/mol. The van der Waals surface area contributed by atoms with E-state index in [0.29, 0.717) is 5.56 Å². The van der Waals surface area contributed by atoms with Gasteiger partial charge in [0.15, 0.2) is 0 Å². The summed E-state index contributed by atoms with van der Waals surface area (Å²) in [5, 5.41) is 7.71. The van der Waals surface area contributed by atoms with Gasteiger partial charge in [-0.15, -0.1) is 0 Å². The number of H-pyrrole nitrogens is 2. The number of anilines is 1. The van der Waals surface area contributed by atoms with Gasteiger partial charge in [0.2, 0.25) is 0 Å². The van der Waals surface area contributed by atoms with Crippen molar-refractivity contribution in [2.75, 3.05) is 5.32 Å². The third-order valence-electron chi connectivity index (χ3n) is 3.42. The molecule has 0 aliphatic rings. The highest BCUT2D eigenvalue weighted by Gasteiger charge is 2.09. The Morgan fingerprint density at radius 2 is 1.88 bits per heavy atom. The van der Waals surface area contributed by atoms with Crippen LogP contribution in [-0.4, -0.2) is 22.1 Å². The van der Waals surface area contributed by atoms with Crippen molar-refractivity contribution in [3.05, 3.63) is 74.6 Å². The first-order chi connectivity index (χ1) is 11.6. The molecule has 1 heterocycles. The molecule has 0 fully saturated rings. The van der Waals surface area contributed by atoms with Gasteiger partial charge in [0.05, 0.1) is 6.21 Å². The number of aromatic amines is 2. The van der Waals surface area contributed by atoms with Gasteiger partial charge in [0, 0.05) is 11.8 Å². The van der Waals surface area contributed by atoms with Crippen LogP contribution in [-0.2, 0) is 0 Å². The minimum atomic E-state index is -0.668. The summed E-state index contributed by atoms with van der Waals surface area (Å²) >= 11 is 0. The third-order valence-corrected chi connectivity index (χ3v) is 3.42. The molecule has 8 nitrogen and oxygen atoms in total. The first-order valence-electron chi connectivity index (χ1n) is 6.97. The lowest BCUT2D eigenvalue weighted by Crippen LogP contribution is -2.26. The zero-order valence-electron chi connectivity index (χ0n) is 12.4. The number of carbonyl (C=O) groups is 1. The van der Waals surface area contributed by atoms with Gasteiger partial charge in [-0.1, -0.05) is 18.2 Å². The molecule has 0 bridgehead atoms. The van der Waals surface area contributed by atoms with Crippen LogP contribution in [0.3, 0.4) is 0 Å². The summed E-state index contributed by atoms with van der Waals surface area (Å²) in [5.41, 5.74) is -0.108. The van der Waals surface area contributed by atoms with Crippen LogP contribution in [0, 0.1) is 0 Å². The molecule has 0 atom stereocenters. The van der Waals surface area contributed by atoms with Crippen LogP contribution in [0.2, 0.25) is 0 Å². The summed E-state index contributed by atoms with van der Waals surface area (Å²) in [6, 6.07) is 10.7. The number of amides is 1. The predicted octanol–water partition coefficient (Wildman–Crippen LogP) is 0.761. The minimum absolute atomic E-state index is 0.0331. The highest BCUT2D eigenvalue weighted by atomic mass is 16.2. The van der Waals surface area contributed by atoms with Gasteiger partial charge >= 0.3 is 5.69 Å². The van der Waals surface area contributed by atoms with Crippen LogP contribution < -0.4 is 22.4 Å². The second kappa shape index (κ2) is 6.21. The van der Waals surface area contributed by atoms with E-state index in [1.165, 1.54) is 6.21 Å². The fraction of sp³-hybridized carbons (Fsp3) is 0. The molecule has 0 radical (unpaired) electrons. The number of nitrogens with zero attached hydrogens (tertiary/aromatic N) is 1. The Labute approximate surface area is 135 Å². The molecule has 3 rings (SSSR count). The Balaban J connectivity index is 1.91. The summed E-state index contributed by atoms with van der Waals surface area (Å²) in [7, 11) is 0. The van der Waals surface area contributed by atoms with Gasteiger partial charge in [0.25, 0.3) is 11.5 Å². The normalized spacial score (nSPS) is 11.0. The summed E-state index contributed by atoms with van der Waals surface area (Å²) < 4.78 is 0. The van der Waals surface area contributed by atoms with Crippen molar-refractivity contribution in [1.82, 2.24) is 9.97 Å². The summed E-state index contributed by atoms with van der Waals surface area (Å²) in [5.74, 6) is 4.67. The van der Waals surface area contributed by atoms with E-state index >= 15 is 0 Å². The average Bonchev–Trinajstić information content (AvgIpc) is 2.57. The monoisotopic (exact) mass is 323 g/mol. The maximum atomic E-state index is 12.3. The van der Waals surface area contributed by atoms with E-state index in [1.54, 1.807) is 18.2 Å². The Bertz CT molecular complexity index is 1060. The highest BCUT2D eigenvalue weighted by molar-refractivity contribution is 6.06. The number of hydrogen-bond acceptors (Lipinski definition) is 5. The lowest BCUT2D eigenvalue weighted by Gasteiger charge is -2.06. The zero-order chi connectivity index (χ0) is 17.1. The first-order valence-corrected chi connectivity index (χ1v) is 6.97.